The van der Waals surface area contributed by atoms with Crippen molar-refractivity contribution in [2.45, 2.75) is 31.5 Å². The molecule has 4 heteroatoms. The standard InChI is InChI=1S/C33H32O4/c1-33(2,27-11-3-23(4-12-27)25-7-15-29(16-8-25)34-19-31-21-36-31)28-13-5-24(6-14-28)26-9-17-30(18-10-26)35-20-32-22-37-32/h3-18,31-32H,19-22H2,1-2H3. The highest BCUT2D eigenvalue weighted by Crippen LogP contribution is 2.34. The first-order valence-corrected chi connectivity index (χ1v) is 13.0. The van der Waals surface area contributed by atoms with Gasteiger partial charge >= 0.3 is 0 Å². The number of ether oxygens (including phenoxy) is 4. The summed E-state index contributed by atoms with van der Waals surface area (Å²) in [5.41, 5.74) is 7.22. The topological polar surface area (TPSA) is 43.5 Å². The van der Waals surface area contributed by atoms with Crippen molar-refractivity contribution in [2.75, 3.05) is 26.4 Å². The second-order valence-electron chi connectivity index (χ2n) is 10.4. The molecule has 0 bridgehead atoms. The predicted molar refractivity (Wildman–Crippen MR) is 146 cm³/mol. The van der Waals surface area contributed by atoms with E-state index in [2.05, 4.69) is 86.6 Å². The van der Waals surface area contributed by atoms with E-state index in [1.54, 1.807) is 0 Å². The summed E-state index contributed by atoms with van der Waals surface area (Å²) in [5, 5.41) is 0. The summed E-state index contributed by atoms with van der Waals surface area (Å²) in [6.45, 7) is 7.44. The Morgan fingerprint density at radius 3 is 1.14 bits per heavy atom. The number of hydrogen-bond acceptors (Lipinski definition) is 4. The second kappa shape index (κ2) is 10.0. The van der Waals surface area contributed by atoms with Gasteiger partial charge in [0.1, 0.15) is 36.9 Å². The molecule has 2 aliphatic rings. The maximum Gasteiger partial charge on any atom is 0.119 e. The Labute approximate surface area is 218 Å². The Hall–Kier alpha value is -3.60. The van der Waals surface area contributed by atoms with Crippen molar-refractivity contribution in [3.05, 3.63) is 108 Å². The quantitative estimate of drug-likeness (QED) is 0.226. The van der Waals surface area contributed by atoms with Gasteiger partial charge < -0.3 is 18.9 Å². The van der Waals surface area contributed by atoms with Crippen LogP contribution in [0, 0.1) is 0 Å². The molecule has 2 saturated heterocycles. The highest BCUT2D eigenvalue weighted by atomic mass is 16.6. The molecule has 2 heterocycles. The van der Waals surface area contributed by atoms with Crippen LogP contribution in [0.2, 0.25) is 0 Å². The van der Waals surface area contributed by atoms with E-state index < -0.39 is 0 Å². The molecule has 0 spiro atoms. The largest absolute Gasteiger partial charge is 0.491 e. The molecule has 2 fully saturated rings. The fourth-order valence-electron chi connectivity index (χ4n) is 4.52. The van der Waals surface area contributed by atoms with Crippen molar-refractivity contribution in [3.63, 3.8) is 0 Å². The normalized spacial score (nSPS) is 18.3. The minimum absolute atomic E-state index is 0.109. The monoisotopic (exact) mass is 492 g/mol. The molecule has 0 aromatic heterocycles. The lowest BCUT2D eigenvalue weighted by Crippen LogP contribution is -2.18. The maximum absolute atomic E-state index is 5.76. The van der Waals surface area contributed by atoms with Gasteiger partial charge in [-0.2, -0.15) is 0 Å². The van der Waals surface area contributed by atoms with Crippen molar-refractivity contribution in [3.8, 4) is 33.8 Å². The van der Waals surface area contributed by atoms with Crippen LogP contribution in [0.15, 0.2) is 97.1 Å². The minimum Gasteiger partial charge on any atom is -0.491 e. The van der Waals surface area contributed by atoms with Crippen LogP contribution >= 0.6 is 0 Å². The van der Waals surface area contributed by atoms with E-state index in [4.69, 9.17) is 18.9 Å². The van der Waals surface area contributed by atoms with Gasteiger partial charge in [0.05, 0.1) is 13.2 Å². The second-order valence-corrected chi connectivity index (χ2v) is 10.4. The van der Waals surface area contributed by atoms with E-state index >= 15 is 0 Å². The molecule has 37 heavy (non-hydrogen) atoms. The van der Waals surface area contributed by atoms with E-state index in [0.717, 1.165) is 24.7 Å². The number of hydrogen-bond donors (Lipinski definition) is 0. The average molecular weight is 493 g/mol. The molecule has 2 unspecified atom stereocenters. The lowest BCUT2D eigenvalue weighted by atomic mass is 9.77. The maximum atomic E-state index is 5.76. The lowest BCUT2D eigenvalue weighted by Gasteiger charge is -2.26. The first kappa shape index (κ1) is 23.8. The average Bonchev–Trinajstić information content (AvgIpc) is 3.87. The van der Waals surface area contributed by atoms with Gasteiger partial charge in [-0.05, 0) is 57.6 Å². The van der Waals surface area contributed by atoms with Crippen LogP contribution in [0.5, 0.6) is 11.5 Å². The molecule has 188 valence electrons. The molecule has 4 aromatic carbocycles. The van der Waals surface area contributed by atoms with Gasteiger partial charge in [0.15, 0.2) is 0 Å². The molecule has 6 rings (SSSR count). The number of benzene rings is 4. The summed E-state index contributed by atoms with van der Waals surface area (Å²) in [6.07, 6.45) is 0.539. The molecule has 4 nitrogen and oxygen atoms in total. The van der Waals surface area contributed by atoms with Crippen LogP contribution in [-0.2, 0) is 14.9 Å². The Balaban J connectivity index is 1.11. The smallest absolute Gasteiger partial charge is 0.119 e. The molecule has 0 radical (unpaired) electrons. The molecular weight excluding hydrogens is 460 g/mol. The molecule has 2 atom stereocenters. The van der Waals surface area contributed by atoms with Gasteiger partial charge in [-0.25, -0.2) is 0 Å². The van der Waals surface area contributed by atoms with E-state index in [1.165, 1.54) is 33.4 Å². The minimum atomic E-state index is -0.109. The molecule has 0 saturated carbocycles. The third-order valence-corrected chi connectivity index (χ3v) is 7.26. The van der Waals surface area contributed by atoms with Crippen LogP contribution in [0.1, 0.15) is 25.0 Å². The van der Waals surface area contributed by atoms with Crippen LogP contribution in [0.3, 0.4) is 0 Å². The molecule has 0 amide bonds. The summed E-state index contributed by atoms with van der Waals surface area (Å²) >= 11 is 0. The lowest BCUT2D eigenvalue weighted by molar-refractivity contribution is 0.263. The van der Waals surface area contributed by atoms with Crippen LogP contribution in [-0.4, -0.2) is 38.6 Å². The molecule has 0 aliphatic carbocycles. The predicted octanol–water partition coefficient (Wildman–Crippen LogP) is 6.90. The number of epoxide rings is 2. The van der Waals surface area contributed by atoms with Gasteiger partial charge in [-0.15, -0.1) is 0 Å². The Kier molecular flexibility index (Phi) is 6.45. The van der Waals surface area contributed by atoms with Gasteiger partial charge in [-0.1, -0.05) is 86.6 Å². The van der Waals surface area contributed by atoms with Gasteiger partial charge in [-0.3, -0.25) is 0 Å². The molecule has 4 aromatic rings. The third-order valence-electron chi connectivity index (χ3n) is 7.26. The first-order chi connectivity index (χ1) is 18.0. The van der Waals surface area contributed by atoms with E-state index in [1.807, 2.05) is 24.3 Å². The molecule has 0 N–H and O–H groups in total. The SMILES string of the molecule is CC(C)(c1ccc(-c2ccc(OCC3CO3)cc2)cc1)c1ccc(-c2ccc(OCC3CO3)cc2)cc1. The summed E-state index contributed by atoms with van der Waals surface area (Å²) < 4.78 is 21.9. The van der Waals surface area contributed by atoms with E-state index in [0.29, 0.717) is 13.2 Å². The van der Waals surface area contributed by atoms with Gasteiger partial charge in [0, 0.05) is 5.41 Å². The Bertz CT molecular complexity index is 1210. The Morgan fingerprint density at radius 2 is 0.838 bits per heavy atom. The number of rotatable bonds is 10. The van der Waals surface area contributed by atoms with Crippen molar-refractivity contribution >= 4 is 0 Å². The first-order valence-electron chi connectivity index (χ1n) is 13.0. The van der Waals surface area contributed by atoms with Crippen molar-refractivity contribution in [2.24, 2.45) is 0 Å². The van der Waals surface area contributed by atoms with Crippen molar-refractivity contribution in [1.29, 1.82) is 0 Å². The fourth-order valence-corrected chi connectivity index (χ4v) is 4.52. The molecule has 2 aliphatic heterocycles. The van der Waals surface area contributed by atoms with Gasteiger partial charge in [0.25, 0.3) is 0 Å². The zero-order valence-electron chi connectivity index (χ0n) is 21.4. The van der Waals surface area contributed by atoms with Gasteiger partial charge in [0.2, 0.25) is 0 Å². The Morgan fingerprint density at radius 1 is 0.541 bits per heavy atom. The zero-order valence-corrected chi connectivity index (χ0v) is 21.4. The third kappa shape index (κ3) is 5.71. The zero-order chi connectivity index (χ0) is 25.2. The van der Waals surface area contributed by atoms with Crippen molar-refractivity contribution in [1.82, 2.24) is 0 Å². The van der Waals surface area contributed by atoms with Crippen LogP contribution in [0.4, 0.5) is 0 Å². The van der Waals surface area contributed by atoms with Crippen LogP contribution < -0.4 is 9.47 Å². The van der Waals surface area contributed by atoms with E-state index in [9.17, 15) is 0 Å². The summed E-state index contributed by atoms with van der Waals surface area (Å²) in [6, 6.07) is 34.4. The summed E-state index contributed by atoms with van der Waals surface area (Å²) in [5.74, 6) is 1.77. The highest BCUT2D eigenvalue weighted by molar-refractivity contribution is 5.66. The summed E-state index contributed by atoms with van der Waals surface area (Å²) in [4.78, 5) is 0. The fraction of sp³-hybridized carbons (Fsp3) is 0.273. The molecular formula is C33H32O4. The highest BCUT2D eigenvalue weighted by Gasteiger charge is 2.24. The van der Waals surface area contributed by atoms with E-state index in [-0.39, 0.29) is 17.6 Å². The van der Waals surface area contributed by atoms with Crippen molar-refractivity contribution < 1.29 is 18.9 Å². The summed E-state index contributed by atoms with van der Waals surface area (Å²) in [7, 11) is 0. The van der Waals surface area contributed by atoms with Crippen LogP contribution in [0.25, 0.3) is 22.3 Å².